The number of hydrogen-bond acceptors (Lipinski definition) is 7. The number of alkyl halides is 3. The normalized spacial score (nSPS) is 25.5. The van der Waals surface area contributed by atoms with Crippen molar-refractivity contribution in [3.8, 4) is 11.1 Å². The second-order valence-electron chi connectivity index (χ2n) is 13.8. The van der Waals surface area contributed by atoms with Gasteiger partial charge in [0.2, 0.25) is 11.8 Å². The van der Waals surface area contributed by atoms with Gasteiger partial charge in [-0.25, -0.2) is 14.4 Å². The molecule has 10 nitrogen and oxygen atoms in total. The molecule has 256 valence electrons. The minimum Gasteiger partial charge on any atom is -0.351 e. The highest BCUT2D eigenvalue weighted by Gasteiger charge is 2.56. The van der Waals surface area contributed by atoms with Crippen molar-refractivity contribution in [2.75, 3.05) is 6.54 Å². The zero-order valence-corrected chi connectivity index (χ0v) is 29.0. The Labute approximate surface area is 289 Å². The molecular weight excluding hydrogens is 658 g/mol. The molecule has 0 spiro atoms. The monoisotopic (exact) mass is 698 g/mol. The molecule has 3 aliphatic rings. The van der Waals surface area contributed by atoms with E-state index in [1.165, 1.54) is 16.5 Å². The molecule has 13 heteroatoms. The summed E-state index contributed by atoms with van der Waals surface area (Å²) >= 11 is 12.5. The number of Topliss-reactive ketones (excluding diaryl/α,β-unsaturated/α-hetero) is 2. The van der Waals surface area contributed by atoms with Crippen LogP contribution in [-0.2, 0) is 27.3 Å². The van der Waals surface area contributed by atoms with Crippen LogP contribution < -0.4 is 5.32 Å². The Hall–Kier alpha value is -3.44. The van der Waals surface area contributed by atoms with Gasteiger partial charge in [-0.2, -0.15) is 5.10 Å². The summed E-state index contributed by atoms with van der Waals surface area (Å²) in [6, 6.07) is 2.42. The molecule has 2 fully saturated rings. The number of amides is 2. The summed E-state index contributed by atoms with van der Waals surface area (Å²) in [5, 5.41) is 8.14. The molecule has 1 aliphatic carbocycles. The lowest BCUT2D eigenvalue weighted by Gasteiger charge is -2.26. The van der Waals surface area contributed by atoms with Gasteiger partial charge in [-0.3, -0.25) is 23.9 Å². The number of nitrogens with one attached hydrogen (secondary N) is 1. The highest BCUT2D eigenvalue weighted by molar-refractivity contribution is 6.51. The van der Waals surface area contributed by atoms with E-state index in [4.69, 9.17) is 23.2 Å². The molecule has 0 radical (unpaired) electrons. The Balaban J connectivity index is 1.39. The molecule has 2 aliphatic heterocycles. The van der Waals surface area contributed by atoms with E-state index < -0.39 is 27.9 Å². The van der Waals surface area contributed by atoms with Crippen LogP contribution in [0.15, 0.2) is 24.5 Å². The van der Waals surface area contributed by atoms with E-state index in [9.17, 15) is 19.2 Å². The molecule has 2 amide bonds. The first kappa shape index (κ1) is 34.4. The Morgan fingerprint density at radius 3 is 2.38 bits per heavy atom. The van der Waals surface area contributed by atoms with Gasteiger partial charge in [0.1, 0.15) is 39.9 Å². The Morgan fingerprint density at radius 2 is 1.71 bits per heavy atom. The maximum Gasteiger partial charge on any atom is 0.245 e. The van der Waals surface area contributed by atoms with Gasteiger partial charge < -0.3 is 10.2 Å². The number of nitrogens with zero attached hydrogens (tertiary/aromatic N) is 5. The number of rotatable bonds is 5. The van der Waals surface area contributed by atoms with Gasteiger partial charge in [0, 0.05) is 61.5 Å². The molecule has 1 saturated carbocycles. The lowest BCUT2D eigenvalue weighted by Crippen LogP contribution is -2.49. The van der Waals surface area contributed by atoms with Crippen molar-refractivity contribution in [2.45, 2.75) is 114 Å². The Bertz CT molecular complexity index is 1760. The predicted molar refractivity (Wildman–Crippen MR) is 181 cm³/mol. The minimum absolute atomic E-state index is 0.0170. The van der Waals surface area contributed by atoms with Crippen LogP contribution in [0.4, 0.5) is 4.39 Å². The number of aromatic nitrogens is 4. The molecule has 2 bridgehead atoms. The van der Waals surface area contributed by atoms with Gasteiger partial charge in [-0.15, -0.1) is 23.2 Å². The molecule has 4 heterocycles. The van der Waals surface area contributed by atoms with Gasteiger partial charge >= 0.3 is 0 Å². The number of halogens is 3. The third kappa shape index (κ3) is 7.27. The second kappa shape index (κ2) is 13.5. The molecule has 2 aromatic heterocycles. The molecule has 1 aromatic carbocycles. The van der Waals surface area contributed by atoms with Crippen molar-refractivity contribution >= 4 is 57.5 Å². The van der Waals surface area contributed by atoms with Crippen LogP contribution in [-0.4, -0.2) is 76.7 Å². The molecule has 0 unspecified atom stereocenters. The van der Waals surface area contributed by atoms with Gasteiger partial charge in [-0.1, -0.05) is 12.8 Å². The molecule has 1 N–H and O–H groups in total. The summed E-state index contributed by atoms with van der Waals surface area (Å²) in [7, 11) is 0. The standard InChI is InChI=1S/C35H41Cl2FN6O4/c1-20(28-14-35(28,36)37)41-33(48)29-15-34(38)11-10-26(46)9-7-5-4-6-8-23-12-24(25-16-39-22(3)40-17-25)13-27-31(21(2)45)42-44(32(23)27)18-30(47)43(29)19-34/h12-13,16-17,20,28-29H,4-11,14-15,18-19H2,1-3H3,(H,41,48)/t20-,28-,29+,34-/m1/s1. The van der Waals surface area contributed by atoms with E-state index >= 15 is 4.39 Å². The molecular formula is C35H41Cl2FN6O4. The van der Waals surface area contributed by atoms with Gasteiger partial charge in [-0.05, 0) is 69.2 Å². The Kier molecular flexibility index (Phi) is 9.65. The first-order chi connectivity index (χ1) is 22.7. The van der Waals surface area contributed by atoms with Crippen LogP contribution in [0.25, 0.3) is 22.0 Å². The zero-order chi connectivity index (χ0) is 34.4. The van der Waals surface area contributed by atoms with Crippen LogP contribution in [0.2, 0.25) is 0 Å². The first-order valence-corrected chi connectivity index (χ1v) is 17.5. The SMILES string of the molecule is CC(=O)c1nn2c3c(cc(-c4cnc(C)nc4)cc13)CCCCCCC(=O)CC[C@@]1(F)C[C@@H](C(=O)N[C@H](C)[C@H]3CC3(Cl)Cl)N(C1)C(=O)C2. The summed E-state index contributed by atoms with van der Waals surface area (Å²) in [5.74, 6) is -0.792. The number of benzene rings is 1. The lowest BCUT2D eigenvalue weighted by molar-refractivity contribution is -0.139. The third-order valence-corrected chi connectivity index (χ3v) is 10.9. The summed E-state index contributed by atoms with van der Waals surface area (Å²) in [6.45, 7) is 4.41. The molecule has 48 heavy (non-hydrogen) atoms. The molecule has 1 saturated heterocycles. The van der Waals surface area contributed by atoms with E-state index in [0.29, 0.717) is 42.4 Å². The predicted octanol–water partition coefficient (Wildman–Crippen LogP) is 5.87. The van der Waals surface area contributed by atoms with Gasteiger partial charge in [0.15, 0.2) is 5.78 Å². The third-order valence-electron chi connectivity index (χ3n) is 10.0. The Morgan fingerprint density at radius 1 is 1.02 bits per heavy atom. The van der Waals surface area contributed by atoms with Crippen molar-refractivity contribution in [1.29, 1.82) is 0 Å². The maximum atomic E-state index is 16.5. The maximum absolute atomic E-state index is 16.5. The quantitative estimate of drug-likeness (QED) is 0.261. The molecule has 4 atom stereocenters. The van der Waals surface area contributed by atoms with E-state index in [0.717, 1.165) is 36.0 Å². The number of aryl methyl sites for hydroxylation is 2. The summed E-state index contributed by atoms with van der Waals surface area (Å²) in [5.41, 5.74) is 1.46. The van der Waals surface area contributed by atoms with Crippen molar-refractivity contribution < 1.29 is 23.6 Å². The molecule has 3 aromatic rings. The largest absolute Gasteiger partial charge is 0.351 e. The van der Waals surface area contributed by atoms with E-state index in [1.54, 1.807) is 26.2 Å². The first-order valence-electron chi connectivity index (χ1n) is 16.8. The number of hydrogen-bond donors (Lipinski definition) is 1. The van der Waals surface area contributed by atoms with Crippen molar-refractivity contribution in [1.82, 2.24) is 30.0 Å². The smallest absolute Gasteiger partial charge is 0.245 e. The average molecular weight is 700 g/mol. The highest BCUT2D eigenvalue weighted by atomic mass is 35.5. The molecule has 6 rings (SSSR count). The summed E-state index contributed by atoms with van der Waals surface area (Å²) in [4.78, 5) is 63.4. The van der Waals surface area contributed by atoms with Crippen LogP contribution in [0.5, 0.6) is 0 Å². The van der Waals surface area contributed by atoms with E-state index in [-0.39, 0.29) is 61.6 Å². The number of carbonyl (C=O) groups excluding carboxylic acids is 4. The van der Waals surface area contributed by atoms with Crippen molar-refractivity contribution in [2.24, 2.45) is 5.92 Å². The van der Waals surface area contributed by atoms with Crippen LogP contribution in [0, 0.1) is 12.8 Å². The van der Waals surface area contributed by atoms with Gasteiger partial charge in [0.25, 0.3) is 0 Å². The number of ketones is 2. The van der Waals surface area contributed by atoms with Gasteiger partial charge in [0.05, 0.1) is 12.1 Å². The highest BCUT2D eigenvalue weighted by Crippen LogP contribution is 2.54. The lowest BCUT2D eigenvalue weighted by atomic mass is 9.93. The van der Waals surface area contributed by atoms with Crippen LogP contribution >= 0.6 is 23.2 Å². The zero-order valence-electron chi connectivity index (χ0n) is 27.5. The minimum atomic E-state index is -1.92. The van der Waals surface area contributed by atoms with Crippen molar-refractivity contribution in [3.63, 3.8) is 0 Å². The van der Waals surface area contributed by atoms with Crippen LogP contribution in [0.3, 0.4) is 0 Å². The van der Waals surface area contributed by atoms with Crippen LogP contribution in [0.1, 0.15) is 93.5 Å². The average Bonchev–Trinajstić information content (AvgIpc) is 3.34. The number of carbonyl (C=O) groups is 4. The van der Waals surface area contributed by atoms with E-state index in [2.05, 4.69) is 20.4 Å². The second-order valence-corrected chi connectivity index (χ2v) is 15.4. The topological polar surface area (TPSA) is 127 Å². The summed E-state index contributed by atoms with van der Waals surface area (Å²) < 4.78 is 17.1. The number of fused-ring (bicyclic) bond motifs is 2. The fourth-order valence-electron chi connectivity index (χ4n) is 7.19. The van der Waals surface area contributed by atoms with E-state index in [1.807, 2.05) is 12.1 Å². The summed E-state index contributed by atoms with van der Waals surface area (Å²) in [6.07, 6.45) is 8.00. The fourth-order valence-corrected chi connectivity index (χ4v) is 7.90. The fraction of sp³-hybridized carbons (Fsp3) is 0.571. The van der Waals surface area contributed by atoms with Crippen molar-refractivity contribution in [3.05, 3.63) is 41.6 Å².